The third kappa shape index (κ3) is 1.79. The fourth-order valence-electron chi connectivity index (χ4n) is 2.10. The highest BCUT2D eigenvalue weighted by Crippen LogP contribution is 2.27. The Kier molecular flexibility index (Phi) is 2.91. The van der Waals surface area contributed by atoms with Gasteiger partial charge < -0.3 is 4.90 Å². The Morgan fingerprint density at radius 1 is 1.44 bits per heavy atom. The first-order chi connectivity index (χ1) is 7.74. The van der Waals surface area contributed by atoms with E-state index in [9.17, 15) is 4.79 Å². The van der Waals surface area contributed by atoms with Gasteiger partial charge in [0.2, 0.25) is 0 Å². The molecule has 0 aliphatic carbocycles. The molecule has 1 heterocycles. The molecule has 0 saturated heterocycles. The number of ketones is 1. The highest BCUT2D eigenvalue weighted by Gasteiger charge is 2.23. The molecule has 1 aliphatic rings. The van der Waals surface area contributed by atoms with Crippen LogP contribution in [0.5, 0.6) is 0 Å². The van der Waals surface area contributed by atoms with Crippen molar-refractivity contribution in [3.8, 4) is 6.07 Å². The third-order valence-electron chi connectivity index (χ3n) is 2.97. The normalized spacial score (nSPS) is 17.2. The summed E-state index contributed by atoms with van der Waals surface area (Å²) in [6.45, 7) is 2.64. The number of fused-ring (bicyclic) bond motifs is 1. The summed E-state index contributed by atoms with van der Waals surface area (Å²) in [6.07, 6.45) is 1.39. The highest BCUT2D eigenvalue weighted by molar-refractivity contribution is 6.02. The molecule has 16 heavy (non-hydrogen) atoms. The van der Waals surface area contributed by atoms with Crippen LogP contribution in [0.25, 0.3) is 0 Å². The summed E-state index contributed by atoms with van der Waals surface area (Å²) in [7, 11) is 0. The molecule has 3 heteroatoms. The molecule has 1 aromatic carbocycles. The van der Waals surface area contributed by atoms with E-state index in [2.05, 4.69) is 6.07 Å². The first-order valence-corrected chi connectivity index (χ1v) is 5.52. The summed E-state index contributed by atoms with van der Waals surface area (Å²) >= 11 is 0. The summed E-state index contributed by atoms with van der Waals surface area (Å²) in [5.74, 6) is 0.184. The van der Waals surface area contributed by atoms with Crippen molar-refractivity contribution in [3.05, 3.63) is 29.8 Å². The van der Waals surface area contributed by atoms with E-state index in [1.807, 2.05) is 36.1 Å². The van der Waals surface area contributed by atoms with Crippen molar-refractivity contribution in [2.24, 2.45) is 0 Å². The van der Waals surface area contributed by atoms with Crippen LogP contribution in [0.2, 0.25) is 0 Å². The van der Waals surface area contributed by atoms with Crippen LogP contribution in [-0.2, 0) is 0 Å². The van der Waals surface area contributed by atoms with Crippen LogP contribution in [0.15, 0.2) is 24.3 Å². The number of hydrogen-bond acceptors (Lipinski definition) is 3. The minimum absolute atomic E-state index is 0.184. The molecule has 0 fully saturated rings. The van der Waals surface area contributed by atoms with Crippen molar-refractivity contribution in [3.63, 3.8) is 0 Å². The second-order valence-electron chi connectivity index (χ2n) is 4.04. The molecule has 0 saturated carbocycles. The highest BCUT2D eigenvalue weighted by atomic mass is 16.1. The van der Waals surface area contributed by atoms with Crippen LogP contribution in [-0.4, -0.2) is 18.4 Å². The summed E-state index contributed by atoms with van der Waals surface area (Å²) in [6, 6.07) is 9.60. The lowest BCUT2D eigenvalue weighted by Crippen LogP contribution is -2.32. The van der Waals surface area contributed by atoms with Crippen molar-refractivity contribution in [1.82, 2.24) is 0 Å². The van der Waals surface area contributed by atoms with E-state index in [0.717, 1.165) is 24.2 Å². The lowest BCUT2D eigenvalue weighted by Gasteiger charge is -2.26. The average molecular weight is 214 g/mol. The standard InChI is InChI=1S/C13H14N2O/c1-10(9-14)15-8-4-7-13(16)11-5-2-3-6-12(11)15/h2-3,5-6,10H,4,7-8H2,1H3. The van der Waals surface area contributed by atoms with Crippen molar-refractivity contribution in [2.45, 2.75) is 25.8 Å². The first kappa shape index (κ1) is 10.7. The van der Waals surface area contributed by atoms with Gasteiger partial charge in [0, 0.05) is 24.2 Å². The fourth-order valence-corrected chi connectivity index (χ4v) is 2.10. The van der Waals surface area contributed by atoms with Crippen LogP contribution < -0.4 is 4.90 Å². The molecule has 0 aromatic heterocycles. The second-order valence-corrected chi connectivity index (χ2v) is 4.04. The van der Waals surface area contributed by atoms with E-state index in [-0.39, 0.29) is 11.8 Å². The summed E-state index contributed by atoms with van der Waals surface area (Å²) in [5.41, 5.74) is 1.65. The number of carbonyl (C=O) groups is 1. The lowest BCUT2D eigenvalue weighted by molar-refractivity contribution is 0.0984. The predicted octanol–water partition coefficient (Wildman–Crippen LogP) is 2.38. The summed E-state index contributed by atoms with van der Waals surface area (Å²) < 4.78 is 0. The van der Waals surface area contributed by atoms with Gasteiger partial charge in [0.25, 0.3) is 0 Å². The molecule has 1 aliphatic heterocycles. The van der Waals surface area contributed by atoms with Crippen molar-refractivity contribution >= 4 is 11.5 Å². The average Bonchev–Trinajstić information content (AvgIpc) is 2.49. The number of rotatable bonds is 1. The Bertz CT molecular complexity index is 447. The number of benzene rings is 1. The molecule has 82 valence electrons. The Morgan fingerprint density at radius 2 is 2.19 bits per heavy atom. The number of nitrogens with zero attached hydrogens (tertiary/aromatic N) is 2. The second kappa shape index (κ2) is 4.36. The molecule has 0 amide bonds. The van der Waals surface area contributed by atoms with E-state index in [1.165, 1.54) is 0 Å². The van der Waals surface area contributed by atoms with Crippen LogP contribution in [0.3, 0.4) is 0 Å². The van der Waals surface area contributed by atoms with Gasteiger partial charge in [-0.1, -0.05) is 12.1 Å². The molecule has 1 atom stereocenters. The number of carbonyl (C=O) groups excluding carboxylic acids is 1. The maximum absolute atomic E-state index is 11.9. The van der Waals surface area contributed by atoms with Gasteiger partial charge in [-0.2, -0.15) is 5.26 Å². The maximum Gasteiger partial charge on any atom is 0.165 e. The molecule has 0 spiro atoms. The van der Waals surface area contributed by atoms with Gasteiger partial charge in [-0.05, 0) is 25.5 Å². The zero-order valence-corrected chi connectivity index (χ0v) is 9.31. The molecule has 1 unspecified atom stereocenters. The van der Waals surface area contributed by atoms with Crippen molar-refractivity contribution in [2.75, 3.05) is 11.4 Å². The van der Waals surface area contributed by atoms with Gasteiger partial charge in [-0.15, -0.1) is 0 Å². The van der Waals surface area contributed by atoms with Gasteiger partial charge in [0.1, 0.15) is 6.04 Å². The smallest absolute Gasteiger partial charge is 0.165 e. The van der Waals surface area contributed by atoms with Crippen molar-refractivity contribution < 1.29 is 4.79 Å². The van der Waals surface area contributed by atoms with Gasteiger partial charge in [-0.3, -0.25) is 4.79 Å². The van der Waals surface area contributed by atoms with Gasteiger partial charge in [0.05, 0.1) is 6.07 Å². The zero-order chi connectivity index (χ0) is 11.5. The third-order valence-corrected chi connectivity index (χ3v) is 2.97. The number of Topliss-reactive ketones (excluding diaryl/α,β-unsaturated/α-hetero) is 1. The minimum atomic E-state index is -0.188. The lowest BCUT2D eigenvalue weighted by atomic mass is 10.1. The van der Waals surface area contributed by atoms with Gasteiger partial charge in [-0.25, -0.2) is 0 Å². The van der Waals surface area contributed by atoms with E-state index in [0.29, 0.717) is 6.42 Å². The van der Waals surface area contributed by atoms with E-state index in [4.69, 9.17) is 5.26 Å². The van der Waals surface area contributed by atoms with Crippen molar-refractivity contribution in [1.29, 1.82) is 5.26 Å². The van der Waals surface area contributed by atoms with E-state index in [1.54, 1.807) is 0 Å². The van der Waals surface area contributed by atoms with Crippen LogP contribution >= 0.6 is 0 Å². The Morgan fingerprint density at radius 3 is 2.94 bits per heavy atom. The predicted molar refractivity (Wildman–Crippen MR) is 62.4 cm³/mol. The number of anilines is 1. The topological polar surface area (TPSA) is 44.1 Å². The molecule has 2 rings (SSSR count). The quantitative estimate of drug-likeness (QED) is 0.721. The minimum Gasteiger partial charge on any atom is -0.355 e. The van der Waals surface area contributed by atoms with E-state index >= 15 is 0 Å². The molecule has 1 aromatic rings. The molecule has 0 radical (unpaired) electrons. The first-order valence-electron chi connectivity index (χ1n) is 5.52. The Hall–Kier alpha value is -1.82. The Balaban J connectivity index is 2.47. The van der Waals surface area contributed by atoms with Crippen LogP contribution in [0, 0.1) is 11.3 Å². The Labute approximate surface area is 95.3 Å². The zero-order valence-electron chi connectivity index (χ0n) is 9.31. The SMILES string of the molecule is CC(C#N)N1CCCC(=O)c2ccccc21. The molecule has 3 nitrogen and oxygen atoms in total. The van der Waals surface area contributed by atoms with Gasteiger partial charge >= 0.3 is 0 Å². The molecule has 0 N–H and O–H groups in total. The van der Waals surface area contributed by atoms with Gasteiger partial charge in [0.15, 0.2) is 5.78 Å². The monoisotopic (exact) mass is 214 g/mol. The number of nitriles is 1. The number of para-hydroxylation sites is 1. The summed E-state index contributed by atoms with van der Waals surface area (Å²) in [5, 5.41) is 8.99. The van der Waals surface area contributed by atoms with Crippen LogP contribution in [0.4, 0.5) is 5.69 Å². The fraction of sp³-hybridized carbons (Fsp3) is 0.385. The summed E-state index contributed by atoms with van der Waals surface area (Å²) in [4.78, 5) is 13.9. The van der Waals surface area contributed by atoms with Crippen LogP contribution in [0.1, 0.15) is 30.1 Å². The molecular formula is C13H14N2O. The van der Waals surface area contributed by atoms with E-state index < -0.39 is 0 Å². The maximum atomic E-state index is 11.9. The number of hydrogen-bond donors (Lipinski definition) is 0. The largest absolute Gasteiger partial charge is 0.355 e. The molecule has 0 bridgehead atoms. The molecular weight excluding hydrogens is 200 g/mol.